The van der Waals surface area contributed by atoms with Crippen molar-refractivity contribution in [2.75, 3.05) is 0 Å². The summed E-state index contributed by atoms with van der Waals surface area (Å²) in [4.78, 5) is 10.2. The summed E-state index contributed by atoms with van der Waals surface area (Å²) in [7, 11) is 0. The molecule has 0 saturated heterocycles. The van der Waals surface area contributed by atoms with Gasteiger partial charge in [-0.05, 0) is 46.8 Å². The van der Waals surface area contributed by atoms with E-state index in [2.05, 4.69) is 0 Å². The van der Waals surface area contributed by atoms with Crippen LogP contribution in [0, 0.1) is 0 Å². The molecule has 0 spiro atoms. The summed E-state index contributed by atoms with van der Waals surface area (Å²) < 4.78 is 0. The molecule has 0 unspecified atom stereocenters. The van der Waals surface area contributed by atoms with Gasteiger partial charge in [0.2, 0.25) is 0 Å². The maximum Gasteiger partial charge on any atom is 0.160 e. The van der Waals surface area contributed by atoms with Gasteiger partial charge >= 0.3 is 0 Å². The molecule has 2 nitrogen and oxygen atoms in total. The van der Waals surface area contributed by atoms with E-state index < -0.39 is 0 Å². The molecule has 0 radical (unpaired) electrons. The first-order chi connectivity index (χ1) is 5.49. The van der Waals surface area contributed by atoms with Crippen LogP contribution in [-0.4, -0.2) is 5.60 Å². The number of rotatable bonds is 3. The Morgan fingerprint density at radius 2 is 1.75 bits per heavy atom. The fourth-order valence-corrected chi connectivity index (χ4v) is 0.509. The first-order valence-electron chi connectivity index (χ1n) is 4.14. The van der Waals surface area contributed by atoms with Gasteiger partial charge in [-0.25, -0.2) is 0 Å². The molecule has 0 atom stereocenters. The van der Waals surface area contributed by atoms with E-state index in [0.29, 0.717) is 0 Å². The lowest BCUT2D eigenvalue weighted by Gasteiger charge is -2.17. The van der Waals surface area contributed by atoms with Gasteiger partial charge < -0.3 is 4.89 Å². The van der Waals surface area contributed by atoms with Crippen molar-refractivity contribution < 1.29 is 9.78 Å². The third-order valence-corrected chi connectivity index (χ3v) is 1.00. The van der Waals surface area contributed by atoms with E-state index in [1.807, 2.05) is 52.8 Å². The largest absolute Gasteiger partial charge is 0.337 e. The Bertz CT molecular complexity index is 173. The minimum absolute atomic E-state index is 0.268. The predicted octanol–water partition coefficient (Wildman–Crippen LogP) is 3.21. The maximum absolute atomic E-state index is 5.12. The van der Waals surface area contributed by atoms with Crippen LogP contribution in [0.25, 0.3) is 0 Å². The predicted molar refractivity (Wildman–Crippen MR) is 50.5 cm³/mol. The van der Waals surface area contributed by atoms with Gasteiger partial charge in [0.05, 0.1) is 0 Å². The first-order valence-corrected chi connectivity index (χ1v) is 4.14. The molecule has 0 saturated carbocycles. The molecule has 2 heteroatoms. The summed E-state index contributed by atoms with van der Waals surface area (Å²) in [6.07, 6.45) is 5.61. The van der Waals surface area contributed by atoms with Gasteiger partial charge in [0.15, 0.2) is 5.76 Å². The lowest BCUT2D eigenvalue weighted by atomic mass is 10.2. The SMILES string of the molecule is C/C=C\C(=C/C)OOC(C)(C)C. The number of hydrogen-bond acceptors (Lipinski definition) is 2. The second kappa shape index (κ2) is 4.99. The summed E-state index contributed by atoms with van der Waals surface area (Å²) in [5.74, 6) is 0.729. The topological polar surface area (TPSA) is 18.5 Å². The van der Waals surface area contributed by atoms with Gasteiger partial charge in [-0.3, -0.25) is 0 Å². The lowest BCUT2D eigenvalue weighted by molar-refractivity contribution is -0.318. The lowest BCUT2D eigenvalue weighted by Crippen LogP contribution is -2.18. The Morgan fingerprint density at radius 1 is 1.17 bits per heavy atom. The van der Waals surface area contributed by atoms with Crippen LogP contribution in [0.5, 0.6) is 0 Å². The summed E-state index contributed by atoms with van der Waals surface area (Å²) in [6, 6.07) is 0. The van der Waals surface area contributed by atoms with Gasteiger partial charge in [-0.15, -0.1) is 0 Å². The highest BCUT2D eigenvalue weighted by atomic mass is 17.2. The van der Waals surface area contributed by atoms with Crippen LogP contribution in [0.2, 0.25) is 0 Å². The minimum atomic E-state index is -0.268. The molecule has 0 fully saturated rings. The van der Waals surface area contributed by atoms with Crippen LogP contribution in [0.3, 0.4) is 0 Å². The molecular formula is C10H18O2. The zero-order valence-corrected chi connectivity index (χ0v) is 8.55. The van der Waals surface area contributed by atoms with Crippen LogP contribution >= 0.6 is 0 Å². The van der Waals surface area contributed by atoms with Crippen molar-refractivity contribution in [1.82, 2.24) is 0 Å². The Labute approximate surface area is 74.8 Å². The Morgan fingerprint density at radius 3 is 2.08 bits per heavy atom. The minimum Gasteiger partial charge on any atom is -0.337 e. The second-order valence-electron chi connectivity index (χ2n) is 3.47. The van der Waals surface area contributed by atoms with E-state index in [4.69, 9.17) is 9.78 Å². The molecular weight excluding hydrogens is 152 g/mol. The summed E-state index contributed by atoms with van der Waals surface area (Å²) in [5.41, 5.74) is -0.268. The van der Waals surface area contributed by atoms with Crippen molar-refractivity contribution in [2.45, 2.75) is 40.2 Å². The fourth-order valence-electron chi connectivity index (χ4n) is 0.509. The smallest absolute Gasteiger partial charge is 0.160 e. The third-order valence-electron chi connectivity index (χ3n) is 1.00. The molecule has 0 aliphatic carbocycles. The van der Waals surface area contributed by atoms with Crippen molar-refractivity contribution in [3.8, 4) is 0 Å². The van der Waals surface area contributed by atoms with Crippen molar-refractivity contribution in [3.63, 3.8) is 0 Å². The fraction of sp³-hybridized carbons (Fsp3) is 0.600. The molecule has 0 aromatic carbocycles. The Hall–Kier alpha value is -0.760. The van der Waals surface area contributed by atoms with Gasteiger partial charge in [-0.2, -0.15) is 4.89 Å². The third kappa shape index (κ3) is 5.98. The van der Waals surface area contributed by atoms with E-state index in [1.165, 1.54) is 0 Å². The molecule has 12 heavy (non-hydrogen) atoms. The van der Waals surface area contributed by atoms with E-state index in [9.17, 15) is 0 Å². The van der Waals surface area contributed by atoms with Crippen molar-refractivity contribution in [2.24, 2.45) is 0 Å². The van der Waals surface area contributed by atoms with Crippen LogP contribution in [0.1, 0.15) is 34.6 Å². The number of hydrogen-bond donors (Lipinski definition) is 0. The standard InChI is InChI=1S/C10H18O2/c1-6-8-9(7-2)11-12-10(3,4)5/h6-8H,1-5H3/b8-6-,9-7+. The van der Waals surface area contributed by atoms with E-state index in [1.54, 1.807) is 0 Å². The zero-order chi connectivity index (χ0) is 9.61. The molecule has 0 rings (SSSR count). The number of allylic oxidation sites excluding steroid dienone is 3. The molecule has 0 aliphatic heterocycles. The van der Waals surface area contributed by atoms with Gasteiger partial charge in [-0.1, -0.05) is 6.08 Å². The Kier molecular flexibility index (Phi) is 4.67. The van der Waals surface area contributed by atoms with E-state index >= 15 is 0 Å². The molecule has 0 aromatic heterocycles. The molecule has 0 heterocycles. The summed E-state index contributed by atoms with van der Waals surface area (Å²) >= 11 is 0. The van der Waals surface area contributed by atoms with E-state index in [-0.39, 0.29) is 5.60 Å². The monoisotopic (exact) mass is 170 g/mol. The quantitative estimate of drug-likeness (QED) is 0.280. The molecule has 0 N–H and O–H groups in total. The van der Waals surface area contributed by atoms with Crippen LogP contribution in [0.4, 0.5) is 0 Å². The van der Waals surface area contributed by atoms with Crippen LogP contribution in [-0.2, 0) is 9.78 Å². The van der Waals surface area contributed by atoms with Crippen LogP contribution in [0.15, 0.2) is 24.0 Å². The highest BCUT2D eigenvalue weighted by Gasteiger charge is 2.12. The van der Waals surface area contributed by atoms with E-state index in [0.717, 1.165) is 5.76 Å². The summed E-state index contributed by atoms with van der Waals surface area (Å²) in [5, 5.41) is 0. The highest BCUT2D eigenvalue weighted by molar-refractivity contribution is 5.08. The maximum atomic E-state index is 5.12. The van der Waals surface area contributed by atoms with Crippen LogP contribution < -0.4 is 0 Å². The first kappa shape index (κ1) is 11.2. The van der Waals surface area contributed by atoms with Crippen molar-refractivity contribution in [3.05, 3.63) is 24.0 Å². The normalized spacial score (nSPS) is 13.9. The molecule has 0 aromatic rings. The van der Waals surface area contributed by atoms with Gasteiger partial charge in [0.25, 0.3) is 0 Å². The highest BCUT2D eigenvalue weighted by Crippen LogP contribution is 2.11. The van der Waals surface area contributed by atoms with Crippen molar-refractivity contribution >= 4 is 0 Å². The zero-order valence-electron chi connectivity index (χ0n) is 8.55. The van der Waals surface area contributed by atoms with Gasteiger partial charge in [0, 0.05) is 0 Å². The second-order valence-corrected chi connectivity index (χ2v) is 3.47. The molecule has 0 bridgehead atoms. The summed E-state index contributed by atoms with van der Waals surface area (Å²) in [6.45, 7) is 9.66. The average molecular weight is 170 g/mol. The van der Waals surface area contributed by atoms with Crippen molar-refractivity contribution in [1.29, 1.82) is 0 Å². The Balaban J connectivity index is 3.91. The molecule has 0 aliphatic rings. The average Bonchev–Trinajstić information content (AvgIpc) is 1.96. The molecule has 0 amide bonds. The van der Waals surface area contributed by atoms with Gasteiger partial charge in [0.1, 0.15) is 5.60 Å². The molecule has 70 valence electrons.